The number of urea groups is 1. The number of nitrogens with one attached hydrogen (secondary N) is 2. The molecule has 3 rings (SSSR count). The molecule has 2 amide bonds. The first kappa shape index (κ1) is 16.4. The van der Waals surface area contributed by atoms with Crippen LogP contribution in [0.2, 0.25) is 0 Å². The van der Waals surface area contributed by atoms with E-state index in [2.05, 4.69) is 20.4 Å². The Bertz CT molecular complexity index is 936. The molecule has 0 aliphatic carbocycles. The van der Waals surface area contributed by atoms with E-state index in [-0.39, 0.29) is 6.03 Å². The lowest BCUT2D eigenvalue weighted by Gasteiger charge is -2.11. The molecule has 2 N–H and O–H groups in total. The topological polar surface area (TPSA) is 80.3 Å². The van der Waals surface area contributed by atoms with E-state index in [0.717, 1.165) is 16.6 Å². The number of carbonyl (C=O) groups is 2. The lowest BCUT2D eigenvalue weighted by molar-refractivity contribution is 0.0601. The van der Waals surface area contributed by atoms with Crippen LogP contribution in [-0.4, -0.2) is 24.1 Å². The minimum atomic E-state index is -0.422. The molecule has 0 bridgehead atoms. The summed E-state index contributed by atoms with van der Waals surface area (Å²) in [5, 5.41) is 6.44. The van der Waals surface area contributed by atoms with Crippen LogP contribution in [0.1, 0.15) is 16.1 Å². The summed E-state index contributed by atoms with van der Waals surface area (Å²) in [6, 6.07) is 15.5. The number of nitrogens with zero attached hydrogens (tertiary/aromatic N) is 1. The number of methoxy groups -OCH3 is 1. The molecule has 126 valence electrons. The van der Waals surface area contributed by atoms with Crippen LogP contribution >= 0.6 is 0 Å². The van der Waals surface area contributed by atoms with E-state index in [1.54, 1.807) is 24.3 Å². The van der Waals surface area contributed by atoms with E-state index in [1.165, 1.54) is 7.11 Å². The van der Waals surface area contributed by atoms with Gasteiger partial charge in [0.15, 0.2) is 0 Å². The summed E-state index contributed by atoms with van der Waals surface area (Å²) in [5.74, 6) is -0.422. The molecule has 0 atom stereocenters. The maximum atomic E-state index is 12.3. The van der Waals surface area contributed by atoms with Crippen LogP contribution in [0.15, 0.2) is 54.6 Å². The number of esters is 1. The average molecular weight is 335 g/mol. The highest BCUT2D eigenvalue weighted by Crippen LogP contribution is 2.23. The number of rotatable bonds is 3. The maximum Gasteiger partial charge on any atom is 0.337 e. The zero-order valence-electron chi connectivity index (χ0n) is 13.9. The number of benzene rings is 2. The van der Waals surface area contributed by atoms with Gasteiger partial charge in [0.25, 0.3) is 0 Å². The van der Waals surface area contributed by atoms with Gasteiger partial charge in [-0.3, -0.25) is 4.98 Å². The molecule has 1 aromatic heterocycles. The molecule has 25 heavy (non-hydrogen) atoms. The Morgan fingerprint density at radius 3 is 2.44 bits per heavy atom. The van der Waals surface area contributed by atoms with Crippen molar-refractivity contribution in [3.05, 3.63) is 65.9 Å². The summed E-state index contributed by atoms with van der Waals surface area (Å²) in [6.07, 6.45) is 0. The van der Waals surface area contributed by atoms with Crippen molar-refractivity contribution in [2.45, 2.75) is 6.92 Å². The normalized spacial score (nSPS) is 10.3. The van der Waals surface area contributed by atoms with Crippen molar-refractivity contribution >= 4 is 34.3 Å². The highest BCUT2D eigenvalue weighted by molar-refractivity contribution is 6.05. The Morgan fingerprint density at radius 2 is 1.72 bits per heavy atom. The van der Waals surface area contributed by atoms with E-state index in [9.17, 15) is 9.59 Å². The second-order valence-corrected chi connectivity index (χ2v) is 5.48. The van der Waals surface area contributed by atoms with E-state index in [4.69, 9.17) is 0 Å². The molecular formula is C19H17N3O3. The summed E-state index contributed by atoms with van der Waals surface area (Å²) in [7, 11) is 1.32. The predicted octanol–water partition coefficient (Wildman–Crippen LogP) is 3.97. The molecule has 0 aliphatic heterocycles. The lowest BCUT2D eigenvalue weighted by Crippen LogP contribution is -2.19. The first-order chi connectivity index (χ1) is 12.1. The molecule has 6 heteroatoms. The van der Waals surface area contributed by atoms with Crippen LogP contribution in [0.5, 0.6) is 0 Å². The Labute approximate surface area is 144 Å². The van der Waals surface area contributed by atoms with Crippen molar-refractivity contribution in [3.8, 4) is 0 Å². The highest BCUT2D eigenvalue weighted by atomic mass is 16.5. The first-order valence-corrected chi connectivity index (χ1v) is 7.69. The van der Waals surface area contributed by atoms with E-state index < -0.39 is 5.97 Å². The Kier molecular flexibility index (Phi) is 4.61. The number of anilines is 2. The van der Waals surface area contributed by atoms with Crippen LogP contribution in [0.3, 0.4) is 0 Å². The third-order valence-corrected chi connectivity index (χ3v) is 3.66. The summed E-state index contributed by atoms with van der Waals surface area (Å²) < 4.78 is 4.64. The molecule has 0 spiro atoms. The monoisotopic (exact) mass is 335 g/mol. The summed E-state index contributed by atoms with van der Waals surface area (Å²) in [4.78, 5) is 28.1. The summed E-state index contributed by atoms with van der Waals surface area (Å²) in [6.45, 7) is 1.88. The quantitative estimate of drug-likeness (QED) is 0.710. The zero-order valence-corrected chi connectivity index (χ0v) is 13.9. The van der Waals surface area contributed by atoms with Gasteiger partial charge in [-0.25, -0.2) is 9.59 Å². The van der Waals surface area contributed by atoms with Crippen LogP contribution in [-0.2, 0) is 4.74 Å². The van der Waals surface area contributed by atoms with Gasteiger partial charge >= 0.3 is 12.0 Å². The Balaban J connectivity index is 1.76. The van der Waals surface area contributed by atoms with Crippen molar-refractivity contribution in [1.29, 1.82) is 0 Å². The van der Waals surface area contributed by atoms with E-state index in [1.807, 2.05) is 37.3 Å². The van der Waals surface area contributed by atoms with Gasteiger partial charge in [0.05, 0.1) is 23.9 Å². The summed E-state index contributed by atoms with van der Waals surface area (Å²) >= 11 is 0. The van der Waals surface area contributed by atoms with Gasteiger partial charge < -0.3 is 15.4 Å². The maximum absolute atomic E-state index is 12.3. The van der Waals surface area contributed by atoms with Crippen LogP contribution in [0.4, 0.5) is 16.2 Å². The fourth-order valence-corrected chi connectivity index (χ4v) is 2.50. The van der Waals surface area contributed by atoms with Crippen molar-refractivity contribution in [2.75, 3.05) is 17.7 Å². The first-order valence-electron chi connectivity index (χ1n) is 7.69. The van der Waals surface area contributed by atoms with Crippen molar-refractivity contribution in [3.63, 3.8) is 0 Å². The molecule has 2 aromatic carbocycles. The number of carbonyl (C=O) groups excluding carboxylic acids is 2. The lowest BCUT2D eigenvalue weighted by atomic mass is 10.1. The number of fused-ring (bicyclic) bond motifs is 1. The smallest absolute Gasteiger partial charge is 0.337 e. The molecule has 0 saturated heterocycles. The number of amides is 2. The highest BCUT2D eigenvalue weighted by Gasteiger charge is 2.09. The van der Waals surface area contributed by atoms with E-state index >= 15 is 0 Å². The molecule has 1 heterocycles. The number of ether oxygens (including phenoxy) is 1. The molecule has 0 radical (unpaired) electrons. The number of hydrogen-bond acceptors (Lipinski definition) is 4. The van der Waals surface area contributed by atoms with Crippen molar-refractivity contribution < 1.29 is 14.3 Å². The standard InChI is InChI=1S/C19H17N3O3/c1-12-11-17(15-5-3-4-6-16(15)20-12)22-19(24)21-14-9-7-13(8-10-14)18(23)25-2/h3-11H,1-2H3,(H2,20,21,22,24). The molecule has 0 saturated carbocycles. The fourth-order valence-electron chi connectivity index (χ4n) is 2.50. The van der Waals surface area contributed by atoms with Crippen LogP contribution in [0.25, 0.3) is 10.9 Å². The second-order valence-electron chi connectivity index (χ2n) is 5.48. The molecule has 0 fully saturated rings. The van der Waals surface area contributed by atoms with Crippen molar-refractivity contribution in [1.82, 2.24) is 4.98 Å². The molecule has 3 aromatic rings. The minimum Gasteiger partial charge on any atom is -0.465 e. The van der Waals surface area contributed by atoms with Gasteiger partial charge in [0.2, 0.25) is 0 Å². The third-order valence-electron chi connectivity index (χ3n) is 3.66. The zero-order chi connectivity index (χ0) is 17.8. The van der Waals surface area contributed by atoms with Gasteiger partial charge in [-0.05, 0) is 43.3 Å². The minimum absolute atomic E-state index is 0.374. The molecule has 6 nitrogen and oxygen atoms in total. The van der Waals surface area contributed by atoms with Gasteiger partial charge in [-0.2, -0.15) is 0 Å². The molecular weight excluding hydrogens is 318 g/mol. The van der Waals surface area contributed by atoms with Gasteiger partial charge in [0, 0.05) is 16.8 Å². The number of aromatic nitrogens is 1. The van der Waals surface area contributed by atoms with Crippen LogP contribution in [0, 0.1) is 6.92 Å². The second kappa shape index (κ2) is 7.00. The fraction of sp³-hybridized carbons (Fsp3) is 0.105. The number of aryl methyl sites for hydroxylation is 1. The average Bonchev–Trinajstić information content (AvgIpc) is 2.61. The predicted molar refractivity (Wildman–Crippen MR) is 96.9 cm³/mol. The SMILES string of the molecule is COC(=O)c1ccc(NC(=O)Nc2cc(C)nc3ccccc23)cc1. The third kappa shape index (κ3) is 3.74. The van der Waals surface area contributed by atoms with Gasteiger partial charge in [-0.15, -0.1) is 0 Å². The van der Waals surface area contributed by atoms with Crippen LogP contribution < -0.4 is 10.6 Å². The summed E-state index contributed by atoms with van der Waals surface area (Å²) in [5.41, 5.74) is 3.31. The van der Waals surface area contributed by atoms with Gasteiger partial charge in [0.1, 0.15) is 0 Å². The number of pyridine rings is 1. The Morgan fingerprint density at radius 1 is 1.00 bits per heavy atom. The Hall–Kier alpha value is -3.41. The molecule has 0 unspecified atom stereocenters. The number of hydrogen-bond donors (Lipinski definition) is 2. The van der Waals surface area contributed by atoms with Crippen molar-refractivity contribution in [2.24, 2.45) is 0 Å². The largest absolute Gasteiger partial charge is 0.465 e. The van der Waals surface area contributed by atoms with E-state index in [0.29, 0.717) is 16.9 Å². The molecule has 0 aliphatic rings. The number of para-hydroxylation sites is 1. The van der Waals surface area contributed by atoms with Gasteiger partial charge in [-0.1, -0.05) is 18.2 Å².